The molecule has 3 heterocycles. The van der Waals surface area contributed by atoms with Crippen LogP contribution in [0.2, 0.25) is 0 Å². The molecular formula is C21H25FN8O. The van der Waals surface area contributed by atoms with Crippen molar-refractivity contribution in [1.29, 1.82) is 0 Å². The largest absolute Gasteiger partial charge is 0.381 e. The van der Waals surface area contributed by atoms with Gasteiger partial charge in [0.1, 0.15) is 5.56 Å². The first kappa shape index (κ1) is 20.7. The number of hydrogen-bond donors (Lipinski definition) is 4. The molecule has 9 nitrogen and oxygen atoms in total. The summed E-state index contributed by atoms with van der Waals surface area (Å²) in [6.45, 7) is 0.371. The van der Waals surface area contributed by atoms with Crippen molar-refractivity contribution in [3.8, 4) is 0 Å². The number of anilines is 3. The maximum atomic E-state index is 13.4. The maximum Gasteiger partial charge on any atom is 0.254 e. The first-order valence-corrected chi connectivity index (χ1v) is 10.1. The Bertz CT molecular complexity index is 1050. The van der Waals surface area contributed by atoms with Crippen LogP contribution in [0.3, 0.4) is 0 Å². The molecule has 0 spiro atoms. The smallest absolute Gasteiger partial charge is 0.254 e. The van der Waals surface area contributed by atoms with Crippen molar-refractivity contribution in [1.82, 2.24) is 19.7 Å². The van der Waals surface area contributed by atoms with Gasteiger partial charge in [0, 0.05) is 49.1 Å². The summed E-state index contributed by atoms with van der Waals surface area (Å²) < 4.78 is 15.2. The fourth-order valence-corrected chi connectivity index (χ4v) is 4.02. The highest BCUT2D eigenvalue weighted by Gasteiger charge is 2.37. The topological polar surface area (TPSA) is 137 Å². The third-order valence-electron chi connectivity index (χ3n) is 5.78. The summed E-state index contributed by atoms with van der Waals surface area (Å²) in [7, 11) is 0. The van der Waals surface area contributed by atoms with E-state index in [4.69, 9.17) is 11.5 Å². The third-order valence-corrected chi connectivity index (χ3v) is 5.78. The molecule has 162 valence electrons. The molecule has 0 atom stereocenters. The molecule has 1 saturated carbocycles. The predicted octanol–water partition coefficient (Wildman–Crippen LogP) is 2.36. The molecule has 0 bridgehead atoms. The van der Waals surface area contributed by atoms with E-state index < -0.39 is 17.4 Å². The molecule has 0 saturated heterocycles. The van der Waals surface area contributed by atoms with Gasteiger partial charge in [0.05, 0.1) is 11.2 Å². The van der Waals surface area contributed by atoms with Crippen LogP contribution < -0.4 is 22.1 Å². The van der Waals surface area contributed by atoms with Crippen LogP contribution in [0.15, 0.2) is 49.1 Å². The number of primary amides is 1. The van der Waals surface area contributed by atoms with Crippen LogP contribution in [0.25, 0.3) is 0 Å². The zero-order valence-electron chi connectivity index (χ0n) is 17.0. The van der Waals surface area contributed by atoms with Crippen LogP contribution in [0, 0.1) is 5.95 Å². The average Bonchev–Trinajstić information content (AvgIpc) is 3.20. The molecule has 1 fully saturated rings. The number of carbonyl (C=O) groups is 1. The van der Waals surface area contributed by atoms with Gasteiger partial charge < -0.3 is 22.1 Å². The SMILES string of the molecule is NCC1(n2cc(C(N)=O)c(Nc3ccnc(F)c3)n2)CCC(Nc2cccnc2)CC1. The fraction of sp³-hybridized carbons (Fsp3) is 0.333. The summed E-state index contributed by atoms with van der Waals surface area (Å²) in [6, 6.07) is 6.99. The number of hydrogen-bond acceptors (Lipinski definition) is 7. The number of halogens is 1. The molecule has 10 heteroatoms. The Balaban J connectivity index is 1.54. The molecular weight excluding hydrogens is 399 g/mol. The van der Waals surface area contributed by atoms with Gasteiger partial charge in [-0.15, -0.1) is 0 Å². The van der Waals surface area contributed by atoms with E-state index in [0.29, 0.717) is 18.3 Å². The average molecular weight is 424 g/mol. The molecule has 1 aliphatic rings. The number of nitrogens with one attached hydrogen (secondary N) is 2. The quantitative estimate of drug-likeness (QED) is 0.427. The van der Waals surface area contributed by atoms with Gasteiger partial charge in [-0.25, -0.2) is 4.98 Å². The first-order chi connectivity index (χ1) is 15.0. The molecule has 0 aromatic carbocycles. The fourth-order valence-electron chi connectivity index (χ4n) is 4.02. The molecule has 0 unspecified atom stereocenters. The Morgan fingerprint density at radius 1 is 1.26 bits per heavy atom. The Kier molecular flexibility index (Phi) is 5.81. The lowest BCUT2D eigenvalue weighted by molar-refractivity contribution is 0.100. The minimum Gasteiger partial charge on any atom is -0.381 e. The Morgan fingerprint density at radius 3 is 2.71 bits per heavy atom. The van der Waals surface area contributed by atoms with E-state index in [1.807, 2.05) is 12.1 Å². The van der Waals surface area contributed by atoms with Crippen LogP contribution in [0.4, 0.5) is 21.6 Å². The van der Waals surface area contributed by atoms with Gasteiger partial charge >= 0.3 is 0 Å². The standard InChI is InChI=1S/C21H25FN8O/c22-18-10-15(5-9-26-18)28-20-17(19(24)31)12-30(29-20)21(13-23)6-3-14(4-7-21)27-16-2-1-8-25-11-16/h1-2,5,8-12,14,27H,3-4,6-7,13,23H2,(H2,24,31)(H,26,28,29). The Hall–Kier alpha value is -3.53. The third kappa shape index (κ3) is 4.48. The monoisotopic (exact) mass is 424 g/mol. The summed E-state index contributed by atoms with van der Waals surface area (Å²) in [4.78, 5) is 19.7. The second-order valence-corrected chi connectivity index (χ2v) is 7.78. The highest BCUT2D eigenvalue weighted by molar-refractivity contribution is 5.98. The lowest BCUT2D eigenvalue weighted by Gasteiger charge is -2.40. The summed E-state index contributed by atoms with van der Waals surface area (Å²) in [5.41, 5.74) is 13.0. The van der Waals surface area contributed by atoms with Crippen LogP contribution in [0.5, 0.6) is 0 Å². The van der Waals surface area contributed by atoms with E-state index in [2.05, 4.69) is 25.7 Å². The number of nitrogens with two attached hydrogens (primary N) is 2. The molecule has 1 aliphatic carbocycles. The summed E-state index contributed by atoms with van der Waals surface area (Å²) in [5, 5.41) is 11.1. The van der Waals surface area contributed by atoms with Gasteiger partial charge in [-0.3, -0.25) is 14.5 Å². The van der Waals surface area contributed by atoms with Crippen LogP contribution in [-0.4, -0.2) is 38.2 Å². The van der Waals surface area contributed by atoms with Crippen molar-refractivity contribution in [3.05, 3.63) is 60.6 Å². The van der Waals surface area contributed by atoms with Gasteiger partial charge in [-0.1, -0.05) is 0 Å². The molecule has 0 radical (unpaired) electrons. The number of nitrogens with zero attached hydrogens (tertiary/aromatic N) is 4. The second-order valence-electron chi connectivity index (χ2n) is 7.78. The number of aromatic nitrogens is 4. The molecule has 3 aromatic heterocycles. The molecule has 4 rings (SSSR count). The Labute approximate surface area is 179 Å². The minimum absolute atomic E-state index is 0.223. The number of amides is 1. The molecule has 6 N–H and O–H groups in total. The molecule has 0 aliphatic heterocycles. The first-order valence-electron chi connectivity index (χ1n) is 10.1. The van der Waals surface area contributed by atoms with E-state index >= 15 is 0 Å². The van der Waals surface area contributed by atoms with Crippen LogP contribution in [0.1, 0.15) is 36.0 Å². The van der Waals surface area contributed by atoms with E-state index in [1.165, 1.54) is 12.3 Å². The van der Waals surface area contributed by atoms with Gasteiger partial charge in [0.25, 0.3) is 5.91 Å². The van der Waals surface area contributed by atoms with Crippen molar-refractivity contribution < 1.29 is 9.18 Å². The number of rotatable bonds is 7. The van der Waals surface area contributed by atoms with Gasteiger partial charge in [0.15, 0.2) is 5.82 Å². The van der Waals surface area contributed by atoms with Gasteiger partial charge in [-0.05, 0) is 43.9 Å². The van der Waals surface area contributed by atoms with Crippen LogP contribution in [-0.2, 0) is 5.54 Å². The van der Waals surface area contributed by atoms with Crippen molar-refractivity contribution in [2.75, 3.05) is 17.2 Å². The van der Waals surface area contributed by atoms with Crippen molar-refractivity contribution in [3.63, 3.8) is 0 Å². The zero-order chi connectivity index (χ0) is 21.8. The zero-order valence-corrected chi connectivity index (χ0v) is 17.0. The lowest BCUT2D eigenvalue weighted by atomic mass is 9.79. The number of pyridine rings is 2. The van der Waals surface area contributed by atoms with E-state index in [9.17, 15) is 9.18 Å². The van der Waals surface area contributed by atoms with Crippen molar-refractivity contribution >= 4 is 23.1 Å². The maximum absolute atomic E-state index is 13.4. The summed E-state index contributed by atoms with van der Waals surface area (Å²) in [6.07, 6.45) is 9.84. The van der Waals surface area contributed by atoms with Crippen molar-refractivity contribution in [2.24, 2.45) is 11.5 Å². The highest BCUT2D eigenvalue weighted by Crippen LogP contribution is 2.36. The summed E-state index contributed by atoms with van der Waals surface area (Å²) >= 11 is 0. The van der Waals surface area contributed by atoms with E-state index in [1.54, 1.807) is 29.3 Å². The highest BCUT2D eigenvalue weighted by atomic mass is 19.1. The van der Waals surface area contributed by atoms with E-state index in [-0.39, 0.29) is 11.4 Å². The molecule has 31 heavy (non-hydrogen) atoms. The summed E-state index contributed by atoms with van der Waals surface area (Å²) in [5.74, 6) is -0.994. The van der Waals surface area contributed by atoms with Crippen molar-refractivity contribution in [2.45, 2.75) is 37.3 Å². The van der Waals surface area contributed by atoms with Gasteiger partial charge in [-0.2, -0.15) is 9.49 Å². The predicted molar refractivity (Wildman–Crippen MR) is 115 cm³/mol. The minimum atomic E-state index is -0.636. The molecule has 1 amide bonds. The number of carbonyl (C=O) groups excluding carboxylic acids is 1. The lowest BCUT2D eigenvalue weighted by Crippen LogP contribution is -2.46. The van der Waals surface area contributed by atoms with E-state index in [0.717, 1.165) is 31.4 Å². The van der Waals surface area contributed by atoms with Gasteiger partial charge in [0.2, 0.25) is 5.95 Å². The Morgan fingerprint density at radius 2 is 2.06 bits per heavy atom. The normalized spacial score (nSPS) is 20.9. The second kappa shape index (κ2) is 8.68. The molecule has 3 aromatic rings. The van der Waals surface area contributed by atoms with Crippen LogP contribution >= 0.6 is 0 Å².